The fourth-order valence-electron chi connectivity index (χ4n) is 1.29. The number of aromatic nitrogens is 3. The Labute approximate surface area is 110 Å². The van der Waals surface area contributed by atoms with E-state index < -0.39 is 5.97 Å². The number of nitrogens with zero attached hydrogens (tertiary/aromatic N) is 3. The van der Waals surface area contributed by atoms with Gasteiger partial charge >= 0.3 is 5.97 Å². The average molecular weight is 317 g/mol. The molecule has 1 N–H and O–H groups in total. The summed E-state index contributed by atoms with van der Waals surface area (Å²) in [7, 11) is 0. The van der Waals surface area contributed by atoms with Crippen LogP contribution in [-0.2, 0) is 11.2 Å². The second-order valence-electron chi connectivity index (χ2n) is 3.32. The van der Waals surface area contributed by atoms with Crippen LogP contribution in [0.4, 0.5) is 0 Å². The molecule has 0 spiro atoms. The van der Waals surface area contributed by atoms with Crippen molar-refractivity contribution in [2.45, 2.75) is 6.42 Å². The lowest BCUT2D eigenvalue weighted by Crippen LogP contribution is -1.99. The summed E-state index contributed by atoms with van der Waals surface area (Å²) in [6.07, 6.45) is 1.43. The third-order valence-corrected chi connectivity index (χ3v) is 3.25. The first-order valence-electron chi connectivity index (χ1n) is 4.64. The van der Waals surface area contributed by atoms with Crippen molar-refractivity contribution in [3.8, 4) is 5.69 Å². The Balaban J connectivity index is 2.30. The van der Waals surface area contributed by atoms with Gasteiger partial charge in [0.2, 0.25) is 0 Å². The molecule has 0 aliphatic carbocycles. The second-order valence-corrected chi connectivity index (χ2v) is 4.58. The number of carboxylic acids is 1. The standard InChI is InChI=1S/C10H7BrClN3O2/c11-8-4-7(1-2-9(8)12)15-5-6(13-14-15)3-10(16)17/h1-2,4-5H,3H2,(H,16,17). The van der Waals surface area contributed by atoms with E-state index in [0.717, 1.165) is 10.2 Å². The molecule has 0 radical (unpaired) electrons. The van der Waals surface area contributed by atoms with Crippen molar-refractivity contribution in [2.24, 2.45) is 0 Å². The smallest absolute Gasteiger partial charge is 0.309 e. The number of hydrogen-bond acceptors (Lipinski definition) is 3. The first-order chi connectivity index (χ1) is 8.06. The van der Waals surface area contributed by atoms with Crippen molar-refractivity contribution in [3.05, 3.63) is 39.6 Å². The quantitative estimate of drug-likeness (QED) is 0.943. The molecule has 0 saturated carbocycles. The van der Waals surface area contributed by atoms with Crippen LogP contribution in [0.25, 0.3) is 5.69 Å². The number of rotatable bonds is 3. The van der Waals surface area contributed by atoms with Gasteiger partial charge in [-0.15, -0.1) is 5.10 Å². The van der Waals surface area contributed by atoms with Crippen molar-refractivity contribution >= 4 is 33.5 Å². The minimum absolute atomic E-state index is 0.144. The number of benzene rings is 1. The maximum atomic E-state index is 10.5. The van der Waals surface area contributed by atoms with Crippen LogP contribution in [0.5, 0.6) is 0 Å². The molecule has 2 rings (SSSR count). The highest BCUT2D eigenvalue weighted by Crippen LogP contribution is 2.24. The van der Waals surface area contributed by atoms with Gasteiger partial charge in [0.15, 0.2) is 0 Å². The first kappa shape index (κ1) is 12.1. The Morgan fingerprint density at radius 1 is 1.53 bits per heavy atom. The van der Waals surface area contributed by atoms with Gasteiger partial charge in [0.1, 0.15) is 0 Å². The zero-order valence-electron chi connectivity index (χ0n) is 8.47. The van der Waals surface area contributed by atoms with Gasteiger partial charge in [0.25, 0.3) is 0 Å². The molecule has 7 heteroatoms. The lowest BCUT2D eigenvalue weighted by Gasteiger charge is -2.01. The molecule has 0 atom stereocenters. The van der Waals surface area contributed by atoms with E-state index in [1.807, 2.05) is 0 Å². The van der Waals surface area contributed by atoms with Crippen molar-refractivity contribution in [1.29, 1.82) is 0 Å². The molecule has 0 fully saturated rings. The van der Waals surface area contributed by atoms with E-state index in [1.165, 1.54) is 4.68 Å². The van der Waals surface area contributed by atoms with E-state index in [9.17, 15) is 4.79 Å². The van der Waals surface area contributed by atoms with E-state index in [-0.39, 0.29) is 6.42 Å². The van der Waals surface area contributed by atoms with Gasteiger partial charge in [-0.25, -0.2) is 4.68 Å². The predicted molar refractivity (Wildman–Crippen MR) is 65.4 cm³/mol. The van der Waals surface area contributed by atoms with Crippen LogP contribution in [-0.4, -0.2) is 26.1 Å². The highest BCUT2D eigenvalue weighted by molar-refractivity contribution is 9.10. The fraction of sp³-hybridized carbons (Fsp3) is 0.100. The molecule has 17 heavy (non-hydrogen) atoms. The summed E-state index contributed by atoms with van der Waals surface area (Å²) in [5, 5.41) is 16.8. The molecule has 0 aliphatic rings. The summed E-state index contributed by atoms with van der Waals surface area (Å²) in [6.45, 7) is 0. The van der Waals surface area contributed by atoms with Gasteiger partial charge in [-0.2, -0.15) is 0 Å². The predicted octanol–water partition coefficient (Wildman–Crippen LogP) is 2.31. The Bertz CT molecular complexity index is 570. The Kier molecular flexibility index (Phi) is 3.44. The molecule has 1 aromatic heterocycles. The molecule has 1 aromatic carbocycles. The van der Waals surface area contributed by atoms with Crippen LogP contribution in [0.2, 0.25) is 5.02 Å². The van der Waals surface area contributed by atoms with Gasteiger partial charge in [0, 0.05) is 4.47 Å². The number of hydrogen-bond donors (Lipinski definition) is 1. The topological polar surface area (TPSA) is 68.0 Å². The summed E-state index contributed by atoms with van der Waals surface area (Å²) in [6, 6.07) is 5.27. The van der Waals surface area contributed by atoms with Crippen molar-refractivity contribution < 1.29 is 9.90 Å². The minimum atomic E-state index is -0.936. The third-order valence-electron chi connectivity index (χ3n) is 2.04. The monoisotopic (exact) mass is 315 g/mol. The van der Waals surface area contributed by atoms with Crippen molar-refractivity contribution in [3.63, 3.8) is 0 Å². The molecule has 0 bridgehead atoms. The van der Waals surface area contributed by atoms with Gasteiger partial charge < -0.3 is 5.11 Å². The SMILES string of the molecule is O=C(O)Cc1cn(-c2ccc(Cl)c(Br)c2)nn1. The second kappa shape index (κ2) is 4.85. The van der Waals surface area contributed by atoms with Crippen LogP contribution < -0.4 is 0 Å². The third kappa shape index (κ3) is 2.83. The highest BCUT2D eigenvalue weighted by atomic mass is 79.9. The number of aliphatic carboxylic acids is 1. The fourth-order valence-corrected chi connectivity index (χ4v) is 1.77. The zero-order valence-corrected chi connectivity index (χ0v) is 10.8. The molecular weight excluding hydrogens is 309 g/mol. The van der Waals surface area contributed by atoms with Crippen molar-refractivity contribution in [1.82, 2.24) is 15.0 Å². The summed E-state index contributed by atoms with van der Waals surface area (Å²) < 4.78 is 2.24. The minimum Gasteiger partial charge on any atom is -0.481 e. The number of carbonyl (C=O) groups is 1. The summed E-state index contributed by atoms with van der Waals surface area (Å²) >= 11 is 9.18. The summed E-state index contributed by atoms with van der Waals surface area (Å²) in [5.41, 5.74) is 1.16. The van der Waals surface area contributed by atoms with Crippen LogP contribution in [0.1, 0.15) is 5.69 Å². The number of carboxylic acid groups (broad SMARTS) is 1. The van der Waals surface area contributed by atoms with Crippen LogP contribution >= 0.6 is 27.5 Å². The molecule has 0 saturated heterocycles. The normalized spacial score (nSPS) is 10.5. The van der Waals surface area contributed by atoms with E-state index in [4.69, 9.17) is 16.7 Å². The average Bonchev–Trinajstić information content (AvgIpc) is 2.69. The Morgan fingerprint density at radius 3 is 2.94 bits per heavy atom. The molecule has 5 nitrogen and oxygen atoms in total. The molecular formula is C10H7BrClN3O2. The first-order valence-corrected chi connectivity index (χ1v) is 5.82. The Hall–Kier alpha value is -1.40. The molecule has 0 aliphatic heterocycles. The van der Waals surface area contributed by atoms with Gasteiger partial charge in [-0.3, -0.25) is 4.79 Å². The van der Waals surface area contributed by atoms with E-state index >= 15 is 0 Å². The van der Waals surface area contributed by atoms with Crippen LogP contribution in [0, 0.1) is 0 Å². The molecule has 0 amide bonds. The van der Waals surface area contributed by atoms with E-state index in [1.54, 1.807) is 24.4 Å². The largest absolute Gasteiger partial charge is 0.481 e. The molecule has 88 valence electrons. The van der Waals surface area contributed by atoms with Crippen molar-refractivity contribution in [2.75, 3.05) is 0 Å². The lowest BCUT2D eigenvalue weighted by atomic mass is 10.3. The lowest BCUT2D eigenvalue weighted by molar-refractivity contribution is -0.136. The van der Waals surface area contributed by atoms with Gasteiger partial charge in [0.05, 0.1) is 29.0 Å². The number of halogens is 2. The van der Waals surface area contributed by atoms with Gasteiger partial charge in [-0.05, 0) is 34.1 Å². The highest BCUT2D eigenvalue weighted by Gasteiger charge is 2.07. The molecule has 0 unspecified atom stereocenters. The van der Waals surface area contributed by atoms with E-state index in [0.29, 0.717) is 10.7 Å². The summed E-state index contributed by atoms with van der Waals surface area (Å²) in [5.74, 6) is -0.936. The van der Waals surface area contributed by atoms with Crippen LogP contribution in [0.3, 0.4) is 0 Å². The Morgan fingerprint density at radius 2 is 2.29 bits per heavy atom. The zero-order chi connectivity index (χ0) is 12.4. The molecule has 2 aromatic rings. The van der Waals surface area contributed by atoms with Gasteiger partial charge in [-0.1, -0.05) is 16.8 Å². The van der Waals surface area contributed by atoms with Crippen LogP contribution in [0.15, 0.2) is 28.9 Å². The van der Waals surface area contributed by atoms with E-state index in [2.05, 4.69) is 26.2 Å². The maximum absolute atomic E-state index is 10.5. The maximum Gasteiger partial charge on any atom is 0.309 e. The molecule has 1 heterocycles. The summed E-state index contributed by atoms with van der Waals surface area (Å²) in [4.78, 5) is 10.5.